The molecule has 0 aliphatic heterocycles. The van der Waals surface area contributed by atoms with E-state index in [2.05, 4.69) is 31.7 Å². The first-order valence-corrected chi connectivity index (χ1v) is 9.43. The Labute approximate surface area is 158 Å². The lowest BCUT2D eigenvalue weighted by Crippen LogP contribution is -2.50. The van der Waals surface area contributed by atoms with E-state index in [1.54, 1.807) is 24.3 Å². The predicted octanol–water partition coefficient (Wildman–Crippen LogP) is 2.79. The van der Waals surface area contributed by atoms with E-state index < -0.39 is 0 Å². The highest BCUT2D eigenvalue weighted by molar-refractivity contribution is 9.10. The van der Waals surface area contributed by atoms with Gasteiger partial charge in [0.1, 0.15) is 5.76 Å². The number of benzene rings is 1. The van der Waals surface area contributed by atoms with Gasteiger partial charge in [-0.1, -0.05) is 5.16 Å². The van der Waals surface area contributed by atoms with Crippen LogP contribution in [-0.2, 0) is 0 Å². The molecule has 26 heavy (non-hydrogen) atoms. The number of nitrogens with zero attached hydrogens (tertiary/aromatic N) is 1. The second-order valence-electron chi connectivity index (χ2n) is 6.94. The highest BCUT2D eigenvalue weighted by Crippen LogP contribution is 2.40. The Bertz CT molecular complexity index is 856. The van der Waals surface area contributed by atoms with Crippen molar-refractivity contribution in [2.75, 3.05) is 5.32 Å². The lowest BCUT2D eigenvalue weighted by atomic mass is 9.87. The number of nitrogens with one attached hydrogen (secondary N) is 2. The summed E-state index contributed by atoms with van der Waals surface area (Å²) in [5.74, 6) is 0.670. The Hall–Kier alpha value is -2.19. The highest BCUT2D eigenvalue weighted by atomic mass is 79.9. The molecule has 0 unspecified atom stereocenters. The summed E-state index contributed by atoms with van der Waals surface area (Å²) in [6.45, 7) is 0. The molecule has 4 N–H and O–H groups in total. The minimum Gasteiger partial charge on any atom is -0.360 e. The maximum Gasteiger partial charge on any atom is 0.277 e. The first kappa shape index (κ1) is 17.2. The number of carbonyl (C=O) groups excluding carboxylic acids is 2. The Morgan fingerprint density at radius 2 is 1.96 bits per heavy atom. The molecule has 0 radical (unpaired) electrons. The van der Waals surface area contributed by atoms with Gasteiger partial charge in [0.25, 0.3) is 11.8 Å². The molecule has 0 bridgehead atoms. The standard InChI is InChI=1S/C18H19BrN4O3/c19-13-5-10(17(24)21-12-6-11(20)7-12)3-4-14(13)22-18(25)15-8-16(26-23-15)9-1-2-9/h3-5,8-9,11-12H,1-2,6-7,20H2,(H,21,24)(H,22,25). The van der Waals surface area contributed by atoms with E-state index in [1.165, 1.54) is 0 Å². The van der Waals surface area contributed by atoms with E-state index in [0.29, 0.717) is 21.6 Å². The first-order valence-electron chi connectivity index (χ1n) is 8.63. The molecule has 0 atom stereocenters. The number of aromatic nitrogens is 1. The van der Waals surface area contributed by atoms with Crippen molar-refractivity contribution >= 4 is 33.4 Å². The van der Waals surface area contributed by atoms with Gasteiger partial charge in [-0.2, -0.15) is 0 Å². The molecule has 1 aromatic heterocycles. The Balaban J connectivity index is 1.40. The summed E-state index contributed by atoms with van der Waals surface area (Å²) in [7, 11) is 0. The molecule has 0 spiro atoms. The number of hydrogen-bond donors (Lipinski definition) is 3. The summed E-state index contributed by atoms with van der Waals surface area (Å²) < 4.78 is 5.82. The summed E-state index contributed by atoms with van der Waals surface area (Å²) in [4.78, 5) is 24.6. The fourth-order valence-electron chi connectivity index (χ4n) is 2.95. The molecule has 7 nitrogen and oxygen atoms in total. The van der Waals surface area contributed by atoms with Gasteiger partial charge in [0.05, 0.1) is 5.69 Å². The number of nitrogens with two attached hydrogens (primary N) is 1. The van der Waals surface area contributed by atoms with Gasteiger partial charge in [-0.3, -0.25) is 9.59 Å². The van der Waals surface area contributed by atoms with Crippen LogP contribution in [0.5, 0.6) is 0 Å². The van der Waals surface area contributed by atoms with Gasteiger partial charge >= 0.3 is 0 Å². The zero-order chi connectivity index (χ0) is 18.3. The summed E-state index contributed by atoms with van der Waals surface area (Å²) in [5, 5.41) is 9.55. The number of amides is 2. The van der Waals surface area contributed by atoms with Crippen molar-refractivity contribution < 1.29 is 14.1 Å². The van der Waals surface area contributed by atoms with Crippen LogP contribution < -0.4 is 16.4 Å². The second-order valence-corrected chi connectivity index (χ2v) is 7.79. The van der Waals surface area contributed by atoms with Crippen molar-refractivity contribution in [2.45, 2.75) is 43.7 Å². The average Bonchev–Trinajstić information content (AvgIpc) is 3.32. The molecule has 2 saturated carbocycles. The highest BCUT2D eigenvalue weighted by Gasteiger charge is 2.29. The van der Waals surface area contributed by atoms with Crippen molar-refractivity contribution in [1.29, 1.82) is 0 Å². The summed E-state index contributed by atoms with van der Waals surface area (Å²) in [6.07, 6.45) is 3.78. The number of carbonyl (C=O) groups is 2. The molecule has 2 amide bonds. The van der Waals surface area contributed by atoms with E-state index in [9.17, 15) is 9.59 Å². The van der Waals surface area contributed by atoms with Gasteiger partial charge in [0, 0.05) is 34.1 Å². The van der Waals surface area contributed by atoms with Crippen LogP contribution >= 0.6 is 15.9 Å². The Morgan fingerprint density at radius 1 is 1.19 bits per heavy atom. The minimum atomic E-state index is -0.345. The summed E-state index contributed by atoms with van der Waals surface area (Å²) in [6, 6.07) is 7.05. The molecule has 8 heteroatoms. The average molecular weight is 419 g/mol. The van der Waals surface area contributed by atoms with Crippen molar-refractivity contribution in [1.82, 2.24) is 10.5 Å². The molecule has 1 aromatic carbocycles. The van der Waals surface area contributed by atoms with E-state index in [-0.39, 0.29) is 29.6 Å². The normalized spacial score (nSPS) is 21.8. The van der Waals surface area contributed by atoms with E-state index in [0.717, 1.165) is 31.4 Å². The molecular weight excluding hydrogens is 400 g/mol. The van der Waals surface area contributed by atoms with Crippen LogP contribution in [0.3, 0.4) is 0 Å². The lowest BCUT2D eigenvalue weighted by Gasteiger charge is -2.33. The van der Waals surface area contributed by atoms with E-state index in [4.69, 9.17) is 10.3 Å². The fraction of sp³-hybridized carbons (Fsp3) is 0.389. The van der Waals surface area contributed by atoms with Crippen molar-refractivity contribution in [2.24, 2.45) is 5.73 Å². The van der Waals surface area contributed by atoms with Gasteiger partial charge in [0.2, 0.25) is 0 Å². The topological polar surface area (TPSA) is 110 Å². The monoisotopic (exact) mass is 418 g/mol. The van der Waals surface area contributed by atoms with Gasteiger partial charge in [-0.25, -0.2) is 0 Å². The van der Waals surface area contributed by atoms with E-state index >= 15 is 0 Å². The van der Waals surface area contributed by atoms with Gasteiger partial charge < -0.3 is 20.9 Å². The maximum absolute atomic E-state index is 12.3. The number of hydrogen-bond acceptors (Lipinski definition) is 5. The van der Waals surface area contributed by atoms with Crippen molar-refractivity contribution in [3.05, 3.63) is 45.8 Å². The van der Waals surface area contributed by atoms with Crippen molar-refractivity contribution in [3.8, 4) is 0 Å². The van der Waals surface area contributed by atoms with Crippen LogP contribution in [0.1, 0.15) is 58.2 Å². The molecular formula is C18H19BrN4O3. The third-order valence-corrected chi connectivity index (χ3v) is 5.39. The van der Waals surface area contributed by atoms with Crippen LogP contribution in [0.4, 0.5) is 5.69 Å². The third-order valence-electron chi connectivity index (χ3n) is 4.73. The predicted molar refractivity (Wildman–Crippen MR) is 99.0 cm³/mol. The zero-order valence-electron chi connectivity index (χ0n) is 14.0. The smallest absolute Gasteiger partial charge is 0.277 e. The Kier molecular flexibility index (Phi) is 4.54. The molecule has 4 rings (SSSR count). The fourth-order valence-corrected chi connectivity index (χ4v) is 3.43. The van der Waals surface area contributed by atoms with Crippen LogP contribution in [-0.4, -0.2) is 29.1 Å². The quantitative estimate of drug-likeness (QED) is 0.691. The third kappa shape index (κ3) is 3.66. The maximum atomic E-state index is 12.3. The van der Waals surface area contributed by atoms with E-state index in [1.807, 2.05) is 0 Å². The van der Waals surface area contributed by atoms with Crippen LogP contribution in [0.25, 0.3) is 0 Å². The van der Waals surface area contributed by atoms with Gasteiger partial charge in [0.15, 0.2) is 5.69 Å². The first-order chi connectivity index (χ1) is 12.5. The number of anilines is 1. The minimum absolute atomic E-state index is 0.142. The number of rotatable bonds is 5. The van der Waals surface area contributed by atoms with Crippen LogP contribution in [0.2, 0.25) is 0 Å². The second kappa shape index (κ2) is 6.85. The van der Waals surface area contributed by atoms with Gasteiger partial charge in [-0.15, -0.1) is 0 Å². The van der Waals surface area contributed by atoms with Gasteiger partial charge in [-0.05, 0) is 59.8 Å². The molecule has 2 aromatic rings. The molecule has 0 saturated heterocycles. The van der Waals surface area contributed by atoms with Crippen LogP contribution in [0.15, 0.2) is 33.3 Å². The molecule has 2 aliphatic carbocycles. The van der Waals surface area contributed by atoms with Crippen LogP contribution in [0, 0.1) is 0 Å². The lowest BCUT2D eigenvalue weighted by molar-refractivity contribution is 0.0909. The molecule has 2 aliphatic rings. The zero-order valence-corrected chi connectivity index (χ0v) is 15.6. The summed E-state index contributed by atoms with van der Waals surface area (Å²) in [5.41, 5.74) is 7.07. The van der Waals surface area contributed by atoms with Crippen molar-refractivity contribution in [3.63, 3.8) is 0 Å². The Morgan fingerprint density at radius 3 is 2.62 bits per heavy atom. The molecule has 136 valence electrons. The SMILES string of the molecule is NC1CC(NC(=O)c2ccc(NC(=O)c3cc(C4CC4)on3)c(Br)c2)C1. The number of halogens is 1. The molecule has 1 heterocycles. The summed E-state index contributed by atoms with van der Waals surface area (Å²) >= 11 is 3.40. The largest absolute Gasteiger partial charge is 0.360 e. The molecule has 2 fully saturated rings.